The van der Waals surface area contributed by atoms with Gasteiger partial charge in [-0.25, -0.2) is 0 Å². The molecule has 1 aliphatic rings. The van der Waals surface area contributed by atoms with Crippen LogP contribution in [0.2, 0.25) is 0 Å². The van der Waals surface area contributed by atoms with Crippen LogP contribution in [0.5, 0.6) is 0 Å². The molecule has 0 bridgehead atoms. The summed E-state index contributed by atoms with van der Waals surface area (Å²) >= 11 is 0. The average molecular weight is 270 g/mol. The second-order valence-electron chi connectivity index (χ2n) is 6.19. The number of unbranched alkanes of at least 4 members (excludes halogenated alkanes) is 1. The lowest BCUT2D eigenvalue weighted by atomic mass is 9.73. The fourth-order valence-corrected chi connectivity index (χ4v) is 3.35. The summed E-state index contributed by atoms with van der Waals surface area (Å²) in [6.07, 6.45) is 9.36. The Morgan fingerprint density at radius 2 is 1.84 bits per heavy atom. The maximum atomic E-state index is 9.27. The third kappa shape index (κ3) is 6.24. The molecule has 0 aliphatic heterocycles. The zero-order chi connectivity index (χ0) is 14.0. The topological polar surface area (TPSA) is 35.5 Å². The number of aliphatic hydroxyl groups is 1. The van der Waals surface area contributed by atoms with E-state index in [-0.39, 0.29) is 0 Å². The van der Waals surface area contributed by atoms with Crippen LogP contribution in [-0.4, -0.2) is 49.3 Å². The molecule has 3 nitrogen and oxygen atoms in total. The van der Waals surface area contributed by atoms with E-state index in [9.17, 15) is 5.11 Å². The first-order valence-corrected chi connectivity index (χ1v) is 8.30. The maximum Gasteiger partial charge on any atom is 0.0558 e. The van der Waals surface area contributed by atoms with Crippen molar-refractivity contribution in [2.45, 2.75) is 58.8 Å². The normalized spacial score (nSPS) is 18.9. The molecule has 1 saturated carbocycles. The summed E-state index contributed by atoms with van der Waals surface area (Å²) < 4.78 is 0. The number of aliphatic hydroxyl groups excluding tert-OH is 1. The lowest BCUT2D eigenvalue weighted by Gasteiger charge is -2.41. The minimum absolute atomic E-state index is 0.293. The van der Waals surface area contributed by atoms with Gasteiger partial charge in [0.15, 0.2) is 0 Å². The summed E-state index contributed by atoms with van der Waals surface area (Å²) in [5.74, 6) is 0. The van der Waals surface area contributed by atoms with Crippen molar-refractivity contribution in [1.29, 1.82) is 0 Å². The van der Waals surface area contributed by atoms with Gasteiger partial charge in [0.05, 0.1) is 6.61 Å². The highest BCUT2D eigenvalue weighted by molar-refractivity contribution is 4.87. The fourth-order valence-electron chi connectivity index (χ4n) is 3.35. The van der Waals surface area contributed by atoms with Gasteiger partial charge in [-0.15, -0.1) is 0 Å². The molecular formula is C16H34N2O. The summed E-state index contributed by atoms with van der Waals surface area (Å²) in [5.41, 5.74) is 0.456. The van der Waals surface area contributed by atoms with Gasteiger partial charge in [-0.3, -0.25) is 0 Å². The second-order valence-corrected chi connectivity index (χ2v) is 6.19. The van der Waals surface area contributed by atoms with Gasteiger partial charge in [-0.05, 0) is 37.8 Å². The van der Waals surface area contributed by atoms with Crippen LogP contribution in [0.1, 0.15) is 58.8 Å². The summed E-state index contributed by atoms with van der Waals surface area (Å²) in [5, 5.41) is 12.8. The standard InChI is InChI=1S/C16H34N2O/c1-3-5-11-18(12-13-19)15-16(14-17-4-2)9-7-6-8-10-16/h17,19H,3-15H2,1-2H3. The van der Waals surface area contributed by atoms with Gasteiger partial charge in [0, 0.05) is 19.6 Å². The van der Waals surface area contributed by atoms with E-state index in [0.29, 0.717) is 12.0 Å². The zero-order valence-corrected chi connectivity index (χ0v) is 13.1. The molecule has 1 aliphatic carbocycles. The number of hydrogen-bond acceptors (Lipinski definition) is 3. The quantitative estimate of drug-likeness (QED) is 0.640. The van der Waals surface area contributed by atoms with E-state index in [1.165, 1.54) is 51.5 Å². The highest BCUT2D eigenvalue weighted by atomic mass is 16.3. The van der Waals surface area contributed by atoms with Crippen molar-refractivity contribution >= 4 is 0 Å². The van der Waals surface area contributed by atoms with E-state index in [4.69, 9.17) is 0 Å². The fraction of sp³-hybridized carbons (Fsp3) is 1.00. The minimum Gasteiger partial charge on any atom is -0.395 e. The van der Waals surface area contributed by atoms with Crippen LogP contribution in [0, 0.1) is 5.41 Å². The molecule has 1 fully saturated rings. The number of rotatable bonds is 10. The molecule has 19 heavy (non-hydrogen) atoms. The lowest BCUT2D eigenvalue weighted by molar-refractivity contribution is 0.0882. The first-order valence-electron chi connectivity index (χ1n) is 8.30. The first kappa shape index (κ1) is 16.9. The average Bonchev–Trinajstić information content (AvgIpc) is 2.44. The Labute approximate surface area is 119 Å². The molecule has 114 valence electrons. The Morgan fingerprint density at radius 1 is 1.11 bits per heavy atom. The smallest absolute Gasteiger partial charge is 0.0558 e. The molecule has 0 atom stereocenters. The number of hydrogen-bond donors (Lipinski definition) is 2. The molecule has 0 aromatic rings. The van der Waals surface area contributed by atoms with E-state index in [0.717, 1.165) is 26.2 Å². The van der Waals surface area contributed by atoms with Gasteiger partial charge in [-0.1, -0.05) is 39.5 Å². The Balaban J connectivity index is 2.55. The van der Waals surface area contributed by atoms with E-state index < -0.39 is 0 Å². The molecule has 2 N–H and O–H groups in total. The van der Waals surface area contributed by atoms with Crippen LogP contribution in [0.3, 0.4) is 0 Å². The van der Waals surface area contributed by atoms with Gasteiger partial charge in [0.25, 0.3) is 0 Å². The van der Waals surface area contributed by atoms with Crippen molar-refractivity contribution in [2.75, 3.05) is 39.3 Å². The van der Waals surface area contributed by atoms with Gasteiger partial charge < -0.3 is 15.3 Å². The largest absolute Gasteiger partial charge is 0.395 e. The SMILES string of the molecule is CCCCN(CCO)CC1(CNCC)CCCCC1. The Morgan fingerprint density at radius 3 is 2.42 bits per heavy atom. The van der Waals surface area contributed by atoms with Crippen molar-refractivity contribution < 1.29 is 5.11 Å². The van der Waals surface area contributed by atoms with Crippen LogP contribution in [-0.2, 0) is 0 Å². The maximum absolute atomic E-state index is 9.27. The van der Waals surface area contributed by atoms with Crippen LogP contribution in [0.4, 0.5) is 0 Å². The van der Waals surface area contributed by atoms with Crippen LogP contribution in [0.15, 0.2) is 0 Å². The van der Waals surface area contributed by atoms with E-state index >= 15 is 0 Å². The summed E-state index contributed by atoms with van der Waals surface area (Å²) in [7, 11) is 0. The molecule has 0 unspecified atom stereocenters. The van der Waals surface area contributed by atoms with Crippen LogP contribution < -0.4 is 5.32 Å². The predicted octanol–water partition coefficient (Wildman–Crippen LogP) is 2.64. The first-order chi connectivity index (χ1) is 9.26. The summed E-state index contributed by atoms with van der Waals surface area (Å²) in [6, 6.07) is 0. The van der Waals surface area contributed by atoms with E-state index in [1.54, 1.807) is 0 Å². The summed E-state index contributed by atoms with van der Waals surface area (Å²) in [4.78, 5) is 2.49. The molecule has 0 saturated heterocycles. The second kappa shape index (κ2) is 9.73. The highest BCUT2D eigenvalue weighted by Crippen LogP contribution is 2.36. The molecule has 0 radical (unpaired) electrons. The minimum atomic E-state index is 0.293. The zero-order valence-electron chi connectivity index (χ0n) is 13.1. The van der Waals surface area contributed by atoms with Crippen molar-refractivity contribution in [3.63, 3.8) is 0 Å². The summed E-state index contributed by atoms with van der Waals surface area (Å²) in [6.45, 7) is 10.1. The van der Waals surface area contributed by atoms with Crippen molar-refractivity contribution in [2.24, 2.45) is 5.41 Å². The molecule has 0 amide bonds. The molecule has 3 heteroatoms. The van der Waals surface area contributed by atoms with Crippen molar-refractivity contribution in [3.05, 3.63) is 0 Å². The number of nitrogens with one attached hydrogen (secondary N) is 1. The monoisotopic (exact) mass is 270 g/mol. The van der Waals surface area contributed by atoms with Crippen LogP contribution in [0.25, 0.3) is 0 Å². The molecule has 0 aromatic carbocycles. The van der Waals surface area contributed by atoms with E-state index in [2.05, 4.69) is 24.1 Å². The third-order valence-corrected chi connectivity index (χ3v) is 4.47. The van der Waals surface area contributed by atoms with E-state index in [1.807, 2.05) is 0 Å². The molecule has 0 aromatic heterocycles. The lowest BCUT2D eigenvalue weighted by Crippen LogP contribution is -2.46. The molecular weight excluding hydrogens is 236 g/mol. The molecule has 0 spiro atoms. The third-order valence-electron chi connectivity index (χ3n) is 4.47. The Hall–Kier alpha value is -0.120. The molecule has 1 rings (SSSR count). The molecule has 0 heterocycles. The van der Waals surface area contributed by atoms with Gasteiger partial charge in [0.2, 0.25) is 0 Å². The van der Waals surface area contributed by atoms with Gasteiger partial charge in [-0.2, -0.15) is 0 Å². The van der Waals surface area contributed by atoms with Crippen LogP contribution >= 0.6 is 0 Å². The number of nitrogens with zero attached hydrogens (tertiary/aromatic N) is 1. The van der Waals surface area contributed by atoms with Gasteiger partial charge >= 0.3 is 0 Å². The highest BCUT2D eigenvalue weighted by Gasteiger charge is 2.33. The van der Waals surface area contributed by atoms with Crippen molar-refractivity contribution in [3.8, 4) is 0 Å². The van der Waals surface area contributed by atoms with Crippen molar-refractivity contribution in [1.82, 2.24) is 10.2 Å². The Bertz CT molecular complexity index is 215. The van der Waals surface area contributed by atoms with Gasteiger partial charge in [0.1, 0.15) is 0 Å². The predicted molar refractivity (Wildman–Crippen MR) is 82.5 cm³/mol. The Kier molecular flexibility index (Phi) is 8.67.